The van der Waals surface area contributed by atoms with Crippen molar-refractivity contribution in [2.45, 2.75) is 68.9 Å². The molecule has 1 aliphatic carbocycles. The van der Waals surface area contributed by atoms with E-state index in [4.69, 9.17) is 4.74 Å². The van der Waals surface area contributed by atoms with Crippen molar-refractivity contribution >= 4 is 19.4 Å². The molecule has 122 valence electrons. The minimum atomic E-state index is -0.312. The molecule has 1 aromatic carbocycles. The fraction of sp³-hybridized carbons (Fsp3) is 0.684. The van der Waals surface area contributed by atoms with Gasteiger partial charge in [-0.2, -0.15) is 0 Å². The van der Waals surface area contributed by atoms with E-state index >= 15 is 0 Å². The summed E-state index contributed by atoms with van der Waals surface area (Å²) in [6.07, 6.45) is 9.06. The molecule has 2 nitrogen and oxygen atoms in total. The third kappa shape index (κ3) is 3.76. The third-order valence-electron chi connectivity index (χ3n) is 5.14. The number of hydrogen-bond donors (Lipinski definition) is 1. The van der Waals surface area contributed by atoms with Crippen molar-refractivity contribution in [2.24, 2.45) is 5.92 Å². The summed E-state index contributed by atoms with van der Waals surface area (Å²) < 4.78 is 7.55. The normalized spacial score (nSPS) is 27.9. The first kappa shape index (κ1) is 16.5. The number of aliphatic hydroxyl groups is 1. The summed E-state index contributed by atoms with van der Waals surface area (Å²) in [5.41, 5.74) is 1.15. The molecule has 0 spiro atoms. The van der Waals surface area contributed by atoms with E-state index < -0.39 is 0 Å². The number of ether oxygens (including phenoxy) is 1. The van der Waals surface area contributed by atoms with Crippen molar-refractivity contribution in [3.05, 3.63) is 29.8 Å². The second kappa shape index (κ2) is 7.97. The second-order valence-electron chi connectivity index (χ2n) is 6.64. The Labute approximate surface area is 140 Å². The molecule has 1 aliphatic heterocycles. The predicted molar refractivity (Wildman–Crippen MR) is 91.8 cm³/mol. The van der Waals surface area contributed by atoms with Crippen LogP contribution in [0.4, 0.5) is 0 Å². The Morgan fingerprint density at radius 2 is 1.95 bits per heavy atom. The summed E-state index contributed by atoms with van der Waals surface area (Å²) in [5, 5.41) is 10.3. The van der Waals surface area contributed by atoms with E-state index in [1.807, 2.05) is 0 Å². The van der Waals surface area contributed by atoms with E-state index in [0.29, 0.717) is 25.9 Å². The van der Waals surface area contributed by atoms with Crippen LogP contribution in [-0.2, 0) is 4.74 Å². The summed E-state index contributed by atoms with van der Waals surface area (Å²) >= 11 is 0.408. The number of rotatable bonds is 5. The summed E-state index contributed by atoms with van der Waals surface area (Å²) in [7, 11) is 0. The molecule has 0 aromatic heterocycles. The maximum absolute atomic E-state index is 10.3. The van der Waals surface area contributed by atoms with Crippen LogP contribution in [0.1, 0.15) is 63.5 Å². The van der Waals surface area contributed by atoms with Crippen LogP contribution in [0.25, 0.3) is 0 Å². The zero-order valence-corrected chi connectivity index (χ0v) is 15.3. The molecular formula is C19H28O2Se. The summed E-state index contributed by atoms with van der Waals surface area (Å²) in [4.78, 5) is 0.695. The van der Waals surface area contributed by atoms with Gasteiger partial charge < -0.3 is 0 Å². The molecule has 3 rings (SSSR count). The molecule has 0 amide bonds. The molecule has 1 aromatic rings. The zero-order valence-electron chi connectivity index (χ0n) is 13.5. The van der Waals surface area contributed by atoms with Gasteiger partial charge in [0.2, 0.25) is 0 Å². The Morgan fingerprint density at radius 3 is 2.73 bits per heavy atom. The standard InChI is InChI=1S/C19H28O2Se/c1-2-16(20)15-10-6-7-11-17(15)22-18-12-13-21-19(18)14-8-4-3-5-9-14/h6-7,10-11,14,16,18-20H,2-5,8-9,12-13H2,1H3/t16-,18-,19+/m0/s1. The molecule has 3 heteroatoms. The van der Waals surface area contributed by atoms with Gasteiger partial charge in [-0.05, 0) is 0 Å². The maximum atomic E-state index is 10.3. The van der Waals surface area contributed by atoms with Gasteiger partial charge in [0.25, 0.3) is 0 Å². The van der Waals surface area contributed by atoms with Gasteiger partial charge in [0.15, 0.2) is 0 Å². The molecule has 2 aliphatic rings. The van der Waals surface area contributed by atoms with Gasteiger partial charge in [0.05, 0.1) is 0 Å². The molecule has 1 saturated heterocycles. The quantitative estimate of drug-likeness (QED) is 0.806. The van der Waals surface area contributed by atoms with Crippen LogP contribution in [0, 0.1) is 5.92 Å². The number of aliphatic hydroxyl groups excluding tert-OH is 1. The van der Waals surface area contributed by atoms with Crippen molar-refractivity contribution in [2.75, 3.05) is 6.61 Å². The van der Waals surface area contributed by atoms with E-state index in [0.717, 1.165) is 24.5 Å². The van der Waals surface area contributed by atoms with Gasteiger partial charge in [0, 0.05) is 0 Å². The van der Waals surface area contributed by atoms with Gasteiger partial charge in [-0.3, -0.25) is 0 Å². The van der Waals surface area contributed by atoms with Crippen LogP contribution in [0.15, 0.2) is 24.3 Å². The average molecular weight is 367 g/mol. The zero-order chi connectivity index (χ0) is 15.4. The van der Waals surface area contributed by atoms with E-state index in [9.17, 15) is 5.11 Å². The molecule has 0 radical (unpaired) electrons. The SMILES string of the molecule is CC[C@H](O)c1ccccc1[Se][C@H]1CCO[C@@H]1C1CCCCC1. The molecule has 1 N–H and O–H groups in total. The molecule has 0 unspecified atom stereocenters. The monoisotopic (exact) mass is 368 g/mol. The van der Waals surface area contributed by atoms with E-state index in [1.165, 1.54) is 43.0 Å². The van der Waals surface area contributed by atoms with E-state index in [1.54, 1.807) is 0 Å². The van der Waals surface area contributed by atoms with Gasteiger partial charge in [-0.15, -0.1) is 0 Å². The Morgan fingerprint density at radius 1 is 1.18 bits per heavy atom. The molecule has 3 atom stereocenters. The van der Waals surface area contributed by atoms with Gasteiger partial charge in [-0.25, -0.2) is 0 Å². The second-order valence-corrected chi connectivity index (χ2v) is 9.33. The first-order chi connectivity index (χ1) is 10.8. The average Bonchev–Trinajstić information content (AvgIpc) is 3.03. The summed E-state index contributed by atoms with van der Waals surface area (Å²) in [6, 6.07) is 8.51. The Bertz CT molecular complexity index is 470. The van der Waals surface area contributed by atoms with Crippen molar-refractivity contribution in [3.8, 4) is 0 Å². The van der Waals surface area contributed by atoms with Crippen LogP contribution >= 0.6 is 0 Å². The molecule has 0 bridgehead atoms. The van der Waals surface area contributed by atoms with Crippen LogP contribution in [0.3, 0.4) is 0 Å². The summed E-state index contributed by atoms with van der Waals surface area (Å²) in [5.74, 6) is 0.784. The van der Waals surface area contributed by atoms with Crippen LogP contribution in [0.2, 0.25) is 4.82 Å². The number of benzene rings is 1. The van der Waals surface area contributed by atoms with E-state index in [-0.39, 0.29) is 6.10 Å². The van der Waals surface area contributed by atoms with Gasteiger partial charge in [0.1, 0.15) is 0 Å². The third-order valence-corrected chi connectivity index (χ3v) is 8.14. The first-order valence-electron chi connectivity index (χ1n) is 8.85. The van der Waals surface area contributed by atoms with Crippen molar-refractivity contribution in [1.29, 1.82) is 0 Å². The first-order valence-corrected chi connectivity index (χ1v) is 10.7. The van der Waals surface area contributed by atoms with Crippen LogP contribution < -0.4 is 4.46 Å². The fourth-order valence-electron chi connectivity index (χ4n) is 3.87. The van der Waals surface area contributed by atoms with Gasteiger partial charge in [-0.1, -0.05) is 0 Å². The Kier molecular flexibility index (Phi) is 5.98. The van der Waals surface area contributed by atoms with Crippen molar-refractivity contribution in [1.82, 2.24) is 0 Å². The van der Waals surface area contributed by atoms with E-state index in [2.05, 4.69) is 31.2 Å². The van der Waals surface area contributed by atoms with Crippen molar-refractivity contribution in [3.63, 3.8) is 0 Å². The van der Waals surface area contributed by atoms with Crippen molar-refractivity contribution < 1.29 is 9.84 Å². The topological polar surface area (TPSA) is 29.5 Å². The molecule has 1 heterocycles. The van der Waals surface area contributed by atoms with Crippen LogP contribution in [-0.4, -0.2) is 32.8 Å². The molecular weight excluding hydrogens is 339 g/mol. The predicted octanol–water partition coefficient (Wildman–Crippen LogP) is 3.62. The minimum absolute atomic E-state index is 0.312. The Hall–Kier alpha value is -0.341. The summed E-state index contributed by atoms with van der Waals surface area (Å²) in [6.45, 7) is 2.99. The molecule has 22 heavy (non-hydrogen) atoms. The van der Waals surface area contributed by atoms with Gasteiger partial charge >= 0.3 is 141 Å². The fourth-order valence-corrected chi connectivity index (χ4v) is 6.96. The Balaban J connectivity index is 1.71. The molecule has 2 fully saturated rings. The van der Waals surface area contributed by atoms with Crippen LogP contribution in [0.5, 0.6) is 0 Å². The molecule has 1 saturated carbocycles. The number of hydrogen-bond acceptors (Lipinski definition) is 2.